The summed E-state index contributed by atoms with van der Waals surface area (Å²) in [7, 11) is 0. The molecule has 0 bridgehead atoms. The second-order valence-electron chi connectivity index (χ2n) is 8.61. The quantitative estimate of drug-likeness (QED) is 0.528. The Morgan fingerprint density at radius 3 is 2.27 bits per heavy atom. The van der Waals surface area contributed by atoms with Crippen molar-refractivity contribution in [2.75, 3.05) is 39.0 Å². The van der Waals surface area contributed by atoms with E-state index >= 15 is 0 Å². The molecule has 0 aliphatic carbocycles. The fourth-order valence-electron chi connectivity index (χ4n) is 4.67. The third-order valence-electron chi connectivity index (χ3n) is 6.63. The molecule has 1 aliphatic heterocycles. The van der Waals surface area contributed by atoms with Crippen molar-refractivity contribution in [2.24, 2.45) is 0 Å². The van der Waals surface area contributed by atoms with Gasteiger partial charge in [-0.2, -0.15) is 0 Å². The minimum atomic E-state index is -0.282. The number of rotatable bonds is 7. The normalized spacial score (nSPS) is 16.1. The Kier molecular flexibility index (Phi) is 7.58. The summed E-state index contributed by atoms with van der Waals surface area (Å²) in [4.78, 5) is 19.8. The van der Waals surface area contributed by atoms with Gasteiger partial charge < -0.3 is 14.6 Å². The molecule has 0 radical (unpaired) electrons. The maximum Gasteiger partial charge on any atom is 0.259 e. The number of aryl methyl sites for hydroxylation is 1. The van der Waals surface area contributed by atoms with Crippen LogP contribution < -0.4 is 5.56 Å². The van der Waals surface area contributed by atoms with Crippen LogP contribution in [0.15, 0.2) is 70.4 Å². The zero-order valence-electron chi connectivity index (χ0n) is 19.7. The van der Waals surface area contributed by atoms with Crippen molar-refractivity contribution in [3.63, 3.8) is 0 Å². The van der Waals surface area contributed by atoms with Crippen LogP contribution in [0, 0.1) is 6.92 Å². The molecule has 0 saturated carbocycles. The van der Waals surface area contributed by atoms with E-state index in [-0.39, 0.29) is 17.4 Å². The molecule has 1 saturated heterocycles. The molecule has 0 spiro atoms. The monoisotopic (exact) mass is 463 g/mol. The predicted octanol–water partition coefficient (Wildman–Crippen LogP) is 4.36. The number of thioether (sulfide) groups is 1. The lowest BCUT2D eigenvalue weighted by atomic mass is 9.96. The molecule has 2 heterocycles. The van der Waals surface area contributed by atoms with E-state index in [1.54, 1.807) is 22.4 Å². The second-order valence-corrected chi connectivity index (χ2v) is 9.49. The summed E-state index contributed by atoms with van der Waals surface area (Å²) in [5.74, 6) is 0.0821. The summed E-state index contributed by atoms with van der Waals surface area (Å²) in [5.41, 5.74) is 3.22. The van der Waals surface area contributed by atoms with Gasteiger partial charge in [0, 0.05) is 36.8 Å². The van der Waals surface area contributed by atoms with Crippen molar-refractivity contribution < 1.29 is 5.11 Å². The van der Waals surface area contributed by atoms with Crippen LogP contribution in [0.2, 0.25) is 0 Å². The van der Waals surface area contributed by atoms with Gasteiger partial charge in [0.05, 0.1) is 18.2 Å². The Morgan fingerprint density at radius 1 is 1.00 bits per heavy atom. The number of aromatic hydroxyl groups is 1. The van der Waals surface area contributed by atoms with Gasteiger partial charge in [-0.15, -0.1) is 11.8 Å². The molecule has 4 rings (SSSR count). The number of hydrogen-bond donors (Lipinski definition) is 1. The Morgan fingerprint density at radius 2 is 1.67 bits per heavy atom. The Labute approximate surface area is 200 Å². The number of aromatic nitrogens is 1. The molecular weight excluding hydrogens is 430 g/mol. The van der Waals surface area contributed by atoms with E-state index in [1.807, 2.05) is 37.3 Å². The van der Waals surface area contributed by atoms with Crippen LogP contribution in [0.1, 0.15) is 35.3 Å². The molecular formula is C27H33N3O2S. The van der Waals surface area contributed by atoms with Gasteiger partial charge in [-0.1, -0.05) is 49.4 Å². The Hall–Kier alpha value is -2.54. The van der Waals surface area contributed by atoms with Crippen LogP contribution in [0.3, 0.4) is 0 Å². The average Bonchev–Trinajstić information content (AvgIpc) is 2.85. The Bertz CT molecular complexity index is 1120. The number of hydrogen-bond acceptors (Lipinski definition) is 5. The molecule has 5 nitrogen and oxygen atoms in total. The van der Waals surface area contributed by atoms with E-state index in [2.05, 4.69) is 47.2 Å². The third-order valence-corrected chi connectivity index (χ3v) is 7.37. The number of benzene rings is 2. The molecule has 1 aliphatic rings. The highest BCUT2D eigenvalue weighted by molar-refractivity contribution is 7.98. The highest BCUT2D eigenvalue weighted by atomic mass is 32.2. The van der Waals surface area contributed by atoms with Crippen molar-refractivity contribution in [1.82, 2.24) is 14.4 Å². The smallest absolute Gasteiger partial charge is 0.259 e. The first-order chi connectivity index (χ1) is 16.0. The van der Waals surface area contributed by atoms with E-state index in [0.717, 1.165) is 49.5 Å². The Balaban J connectivity index is 1.80. The van der Waals surface area contributed by atoms with Crippen molar-refractivity contribution in [3.05, 3.63) is 93.4 Å². The van der Waals surface area contributed by atoms with Gasteiger partial charge >= 0.3 is 0 Å². The van der Waals surface area contributed by atoms with Gasteiger partial charge in [-0.25, -0.2) is 0 Å². The molecule has 3 aromatic rings. The SMILES string of the molecule is CCN1CCN([C@H](c2ccc(SC)cc2)c2c(O)cc(C)n(Cc3ccccc3)c2=O)CC1. The first-order valence-electron chi connectivity index (χ1n) is 11.6. The first-order valence-corrected chi connectivity index (χ1v) is 12.8. The van der Waals surface area contributed by atoms with Crippen molar-refractivity contribution in [3.8, 4) is 5.75 Å². The van der Waals surface area contributed by atoms with Gasteiger partial charge in [-0.3, -0.25) is 9.69 Å². The zero-order valence-corrected chi connectivity index (χ0v) is 20.5. The van der Waals surface area contributed by atoms with Crippen LogP contribution >= 0.6 is 11.8 Å². The standard InChI is InChI=1S/C27H33N3O2S/c1-4-28-14-16-29(17-15-28)26(22-10-12-23(33-3)13-11-22)25-24(31)18-20(2)30(27(25)32)19-21-8-6-5-7-9-21/h5-13,18,26,31H,4,14-17,19H2,1-3H3/t26-/m1/s1. The van der Waals surface area contributed by atoms with E-state index in [4.69, 9.17) is 0 Å². The van der Waals surface area contributed by atoms with Gasteiger partial charge in [0.25, 0.3) is 5.56 Å². The molecule has 33 heavy (non-hydrogen) atoms. The van der Waals surface area contributed by atoms with E-state index in [0.29, 0.717) is 12.1 Å². The maximum absolute atomic E-state index is 13.9. The molecule has 2 aromatic carbocycles. The van der Waals surface area contributed by atoms with E-state index < -0.39 is 0 Å². The van der Waals surface area contributed by atoms with Gasteiger partial charge in [-0.05, 0) is 49.1 Å². The average molecular weight is 464 g/mol. The molecule has 0 amide bonds. The summed E-state index contributed by atoms with van der Waals surface area (Å²) >= 11 is 1.70. The van der Waals surface area contributed by atoms with Crippen LogP contribution in [-0.4, -0.2) is 58.5 Å². The lowest BCUT2D eigenvalue weighted by Crippen LogP contribution is -2.48. The van der Waals surface area contributed by atoms with Crippen LogP contribution in [0.25, 0.3) is 0 Å². The summed E-state index contributed by atoms with van der Waals surface area (Å²) in [6.07, 6.45) is 2.06. The molecule has 174 valence electrons. The van der Waals surface area contributed by atoms with Crippen LogP contribution in [0.5, 0.6) is 5.75 Å². The number of likely N-dealkylation sites (N-methyl/N-ethyl adjacent to an activating group) is 1. The molecule has 0 unspecified atom stereocenters. The molecule has 6 heteroatoms. The number of piperazine rings is 1. The van der Waals surface area contributed by atoms with Crippen molar-refractivity contribution >= 4 is 11.8 Å². The highest BCUT2D eigenvalue weighted by Crippen LogP contribution is 2.34. The van der Waals surface area contributed by atoms with Crippen LogP contribution in [0.4, 0.5) is 0 Å². The third kappa shape index (κ3) is 5.18. The van der Waals surface area contributed by atoms with Gasteiger partial charge in [0.1, 0.15) is 5.75 Å². The molecule has 1 fully saturated rings. The summed E-state index contributed by atoms with van der Waals surface area (Å²) in [6, 6.07) is 19.9. The minimum absolute atomic E-state index is 0.0821. The lowest BCUT2D eigenvalue weighted by molar-refractivity contribution is 0.111. The fourth-order valence-corrected chi connectivity index (χ4v) is 5.08. The zero-order chi connectivity index (χ0) is 23.4. The number of pyridine rings is 1. The molecule has 1 aromatic heterocycles. The van der Waals surface area contributed by atoms with Gasteiger partial charge in [0.2, 0.25) is 0 Å². The summed E-state index contributed by atoms with van der Waals surface area (Å²) in [5, 5.41) is 11.1. The topological polar surface area (TPSA) is 48.7 Å². The van der Waals surface area contributed by atoms with Crippen molar-refractivity contribution in [2.45, 2.75) is 31.3 Å². The summed E-state index contributed by atoms with van der Waals surface area (Å²) in [6.45, 7) is 9.21. The fraction of sp³-hybridized carbons (Fsp3) is 0.370. The van der Waals surface area contributed by atoms with Crippen LogP contribution in [-0.2, 0) is 6.54 Å². The van der Waals surface area contributed by atoms with E-state index in [1.165, 1.54) is 4.90 Å². The van der Waals surface area contributed by atoms with Crippen molar-refractivity contribution in [1.29, 1.82) is 0 Å². The molecule has 1 N–H and O–H groups in total. The highest BCUT2D eigenvalue weighted by Gasteiger charge is 2.31. The number of nitrogens with zero attached hydrogens (tertiary/aromatic N) is 3. The lowest BCUT2D eigenvalue weighted by Gasteiger charge is -2.39. The summed E-state index contributed by atoms with van der Waals surface area (Å²) < 4.78 is 1.79. The minimum Gasteiger partial charge on any atom is -0.507 e. The second kappa shape index (κ2) is 10.6. The van der Waals surface area contributed by atoms with Gasteiger partial charge in [0.15, 0.2) is 0 Å². The first kappa shape index (κ1) is 23.6. The van der Waals surface area contributed by atoms with E-state index in [9.17, 15) is 9.90 Å². The molecule has 1 atom stereocenters. The predicted molar refractivity (Wildman–Crippen MR) is 136 cm³/mol. The largest absolute Gasteiger partial charge is 0.507 e. The maximum atomic E-state index is 13.9.